The Kier molecular flexibility index (Phi) is 2.06. The van der Waals surface area contributed by atoms with E-state index in [9.17, 15) is 0 Å². The van der Waals surface area contributed by atoms with Gasteiger partial charge >= 0.3 is 0 Å². The Morgan fingerprint density at radius 2 is 2.17 bits per heavy atom. The van der Waals surface area contributed by atoms with Crippen LogP contribution >= 0.6 is 39.9 Å². The summed E-state index contributed by atoms with van der Waals surface area (Å²) in [4.78, 5) is 0.945. The predicted octanol–water partition coefficient (Wildman–Crippen LogP) is 3.53. The number of fused-ring (bicyclic) bond motifs is 1. The Labute approximate surface area is 88.1 Å². The number of halogens is 1. The summed E-state index contributed by atoms with van der Waals surface area (Å²) in [7, 11) is 0. The normalized spacial score (nSPS) is 10.8. The van der Waals surface area contributed by atoms with Crippen LogP contribution < -0.4 is 5.73 Å². The van der Waals surface area contributed by atoms with Crippen molar-refractivity contribution in [3.8, 4) is 0 Å². The van der Waals surface area contributed by atoms with Gasteiger partial charge in [-0.1, -0.05) is 0 Å². The zero-order valence-electron chi connectivity index (χ0n) is 6.04. The van der Waals surface area contributed by atoms with Crippen LogP contribution in [0.2, 0.25) is 0 Å². The number of hydrogen-bond acceptors (Lipinski definition) is 3. The van der Waals surface area contributed by atoms with E-state index in [1.807, 2.05) is 17.5 Å². The summed E-state index contributed by atoms with van der Waals surface area (Å²) in [5.74, 6) is 0. The van der Waals surface area contributed by atoms with Gasteiger partial charge in [0.2, 0.25) is 0 Å². The maximum Gasteiger partial charge on any atom is 0.0489 e. The number of benzene rings is 1. The summed E-state index contributed by atoms with van der Waals surface area (Å²) >= 11 is 9.47. The largest absolute Gasteiger partial charge is 0.399 e. The van der Waals surface area contributed by atoms with E-state index in [0.29, 0.717) is 0 Å². The molecular formula is C8H6BrNS2. The third-order valence-electron chi connectivity index (χ3n) is 1.63. The van der Waals surface area contributed by atoms with E-state index in [1.54, 1.807) is 11.3 Å². The van der Waals surface area contributed by atoms with Crippen molar-refractivity contribution in [1.82, 2.24) is 0 Å². The van der Waals surface area contributed by atoms with Gasteiger partial charge in [0, 0.05) is 30.5 Å². The molecule has 1 heterocycles. The van der Waals surface area contributed by atoms with Crippen molar-refractivity contribution in [2.24, 2.45) is 0 Å². The van der Waals surface area contributed by atoms with Crippen LogP contribution in [0.1, 0.15) is 0 Å². The molecule has 0 saturated heterocycles. The molecule has 0 atom stereocenters. The van der Waals surface area contributed by atoms with Gasteiger partial charge in [-0.05, 0) is 28.1 Å². The number of anilines is 1. The highest BCUT2D eigenvalue weighted by Crippen LogP contribution is 2.35. The van der Waals surface area contributed by atoms with Crippen molar-refractivity contribution in [3.05, 3.63) is 22.0 Å². The first-order valence-electron chi connectivity index (χ1n) is 3.33. The molecule has 0 fully saturated rings. The molecule has 0 saturated carbocycles. The lowest BCUT2D eigenvalue weighted by molar-refractivity contribution is 1.59. The highest BCUT2D eigenvalue weighted by molar-refractivity contribution is 9.10. The van der Waals surface area contributed by atoms with Gasteiger partial charge in [-0.2, -0.15) is 0 Å². The number of thiophene rings is 1. The molecule has 0 radical (unpaired) electrons. The second kappa shape index (κ2) is 2.94. The molecule has 0 aliphatic heterocycles. The quantitative estimate of drug-likeness (QED) is 0.550. The molecule has 0 aliphatic carbocycles. The van der Waals surface area contributed by atoms with Crippen LogP contribution in [0.5, 0.6) is 0 Å². The molecule has 2 N–H and O–H groups in total. The molecule has 0 bridgehead atoms. The standard InChI is InChI=1S/C8H6BrNS2/c9-6-3-12-8-5(6)1-4(10)2-7(8)11/h1-3,11H,10H2. The topological polar surface area (TPSA) is 26.0 Å². The van der Waals surface area contributed by atoms with Crippen LogP contribution in [0.3, 0.4) is 0 Å². The molecule has 62 valence electrons. The van der Waals surface area contributed by atoms with Crippen molar-refractivity contribution in [3.63, 3.8) is 0 Å². The first kappa shape index (κ1) is 8.41. The van der Waals surface area contributed by atoms with Gasteiger partial charge < -0.3 is 5.73 Å². The SMILES string of the molecule is Nc1cc(S)c2scc(Br)c2c1. The average Bonchev–Trinajstić information content (AvgIpc) is 2.33. The summed E-state index contributed by atoms with van der Waals surface area (Å²) in [5.41, 5.74) is 6.44. The Balaban J connectivity index is 2.92. The number of nitrogen functional groups attached to an aromatic ring is 1. The van der Waals surface area contributed by atoms with Gasteiger partial charge in [0.1, 0.15) is 0 Å². The van der Waals surface area contributed by atoms with E-state index >= 15 is 0 Å². The molecule has 2 aromatic rings. The number of thiol groups is 1. The Bertz CT molecular complexity index is 436. The fourth-order valence-corrected chi connectivity index (χ4v) is 3.09. The number of nitrogens with two attached hydrogens (primary N) is 1. The first-order valence-corrected chi connectivity index (χ1v) is 5.45. The number of rotatable bonds is 0. The molecule has 1 aromatic carbocycles. The van der Waals surface area contributed by atoms with Gasteiger partial charge in [-0.15, -0.1) is 24.0 Å². The second-order valence-electron chi connectivity index (χ2n) is 2.50. The van der Waals surface area contributed by atoms with Crippen LogP contribution in [0, 0.1) is 0 Å². The molecule has 2 rings (SSSR count). The van der Waals surface area contributed by atoms with E-state index < -0.39 is 0 Å². The fraction of sp³-hybridized carbons (Fsp3) is 0. The summed E-state index contributed by atoms with van der Waals surface area (Å²) < 4.78 is 2.27. The smallest absolute Gasteiger partial charge is 0.0489 e. The van der Waals surface area contributed by atoms with Gasteiger partial charge in [0.05, 0.1) is 0 Å². The molecular weight excluding hydrogens is 254 g/mol. The van der Waals surface area contributed by atoms with Crippen molar-refractivity contribution in [1.29, 1.82) is 0 Å². The van der Waals surface area contributed by atoms with E-state index in [1.165, 1.54) is 4.70 Å². The monoisotopic (exact) mass is 259 g/mol. The number of hydrogen-bond donors (Lipinski definition) is 2. The van der Waals surface area contributed by atoms with Crippen LogP contribution in [0.4, 0.5) is 5.69 Å². The molecule has 0 unspecified atom stereocenters. The lowest BCUT2D eigenvalue weighted by Crippen LogP contribution is -1.83. The van der Waals surface area contributed by atoms with Crippen LogP contribution in [-0.2, 0) is 0 Å². The maximum atomic E-state index is 5.69. The maximum absolute atomic E-state index is 5.69. The highest BCUT2D eigenvalue weighted by atomic mass is 79.9. The highest BCUT2D eigenvalue weighted by Gasteiger charge is 2.04. The molecule has 12 heavy (non-hydrogen) atoms. The molecule has 4 heteroatoms. The Hall–Kier alpha value is -0.190. The van der Waals surface area contributed by atoms with Crippen LogP contribution in [0.25, 0.3) is 10.1 Å². The van der Waals surface area contributed by atoms with E-state index in [0.717, 1.165) is 20.4 Å². The minimum Gasteiger partial charge on any atom is -0.399 e. The molecule has 0 amide bonds. The zero-order chi connectivity index (χ0) is 8.72. The molecule has 1 nitrogen and oxygen atoms in total. The fourth-order valence-electron chi connectivity index (χ4n) is 1.11. The lowest BCUT2D eigenvalue weighted by atomic mass is 10.2. The predicted molar refractivity (Wildman–Crippen MR) is 61.2 cm³/mol. The minimum atomic E-state index is 0.756. The minimum absolute atomic E-state index is 0.756. The van der Waals surface area contributed by atoms with Crippen LogP contribution in [-0.4, -0.2) is 0 Å². The van der Waals surface area contributed by atoms with E-state index in [4.69, 9.17) is 5.73 Å². The third kappa shape index (κ3) is 1.24. The van der Waals surface area contributed by atoms with Gasteiger partial charge in [-0.3, -0.25) is 0 Å². The van der Waals surface area contributed by atoms with Crippen molar-refractivity contribution >= 4 is 55.7 Å². The molecule has 0 spiro atoms. The van der Waals surface area contributed by atoms with Crippen molar-refractivity contribution in [2.45, 2.75) is 4.90 Å². The lowest BCUT2D eigenvalue weighted by Gasteiger charge is -1.97. The van der Waals surface area contributed by atoms with Gasteiger partial charge in [0.25, 0.3) is 0 Å². The second-order valence-corrected chi connectivity index (χ2v) is 4.72. The zero-order valence-corrected chi connectivity index (χ0v) is 9.34. The summed E-state index contributed by atoms with van der Waals surface area (Å²) in [6.45, 7) is 0. The average molecular weight is 260 g/mol. The molecule has 1 aromatic heterocycles. The Morgan fingerprint density at radius 1 is 1.42 bits per heavy atom. The molecule has 0 aliphatic rings. The van der Waals surface area contributed by atoms with Gasteiger partial charge in [-0.25, -0.2) is 0 Å². The van der Waals surface area contributed by atoms with E-state index in [2.05, 4.69) is 28.6 Å². The van der Waals surface area contributed by atoms with Crippen molar-refractivity contribution in [2.75, 3.05) is 5.73 Å². The Morgan fingerprint density at radius 3 is 2.92 bits per heavy atom. The summed E-state index contributed by atoms with van der Waals surface area (Å²) in [5, 5.41) is 3.19. The van der Waals surface area contributed by atoms with Gasteiger partial charge in [0.15, 0.2) is 0 Å². The van der Waals surface area contributed by atoms with Crippen LogP contribution in [0.15, 0.2) is 26.9 Å². The summed E-state index contributed by atoms with van der Waals surface area (Å²) in [6.07, 6.45) is 0. The van der Waals surface area contributed by atoms with E-state index in [-0.39, 0.29) is 0 Å². The first-order chi connectivity index (χ1) is 5.68. The van der Waals surface area contributed by atoms with Crippen molar-refractivity contribution < 1.29 is 0 Å². The third-order valence-corrected chi connectivity index (χ3v) is 4.12. The summed E-state index contributed by atoms with van der Waals surface area (Å²) in [6, 6.07) is 3.82.